The van der Waals surface area contributed by atoms with Crippen LogP contribution in [0, 0.1) is 0 Å². The Labute approximate surface area is 126 Å². The highest BCUT2D eigenvalue weighted by atomic mass is 35.5. The number of carbonyl (C=O) groups excluding carboxylic acids is 2. The molecule has 104 valence electrons. The van der Waals surface area contributed by atoms with Crippen molar-refractivity contribution in [1.82, 2.24) is 0 Å². The molecule has 2 aliphatic heterocycles. The number of hydrogen-bond donors (Lipinski definition) is 0. The molecule has 0 atom stereocenters. The van der Waals surface area contributed by atoms with Gasteiger partial charge in [0.1, 0.15) is 0 Å². The molecule has 0 fully saturated rings. The van der Waals surface area contributed by atoms with Crippen molar-refractivity contribution in [3.05, 3.63) is 58.6 Å². The molecular formula is C16H11ClN2O2. The molecule has 0 saturated heterocycles. The number of para-hydroxylation sites is 2. The Kier molecular flexibility index (Phi) is 2.56. The van der Waals surface area contributed by atoms with Crippen molar-refractivity contribution >= 4 is 34.8 Å². The van der Waals surface area contributed by atoms with Gasteiger partial charge in [-0.1, -0.05) is 41.9 Å². The van der Waals surface area contributed by atoms with Crippen molar-refractivity contribution in [2.45, 2.75) is 12.8 Å². The summed E-state index contributed by atoms with van der Waals surface area (Å²) in [6, 6.07) is 12.9. The number of halogens is 1. The summed E-state index contributed by atoms with van der Waals surface area (Å²) >= 11 is 6.25. The lowest BCUT2D eigenvalue weighted by Gasteiger charge is -2.29. The van der Waals surface area contributed by atoms with Gasteiger partial charge in [0.05, 0.1) is 29.2 Å². The molecule has 2 aromatic rings. The van der Waals surface area contributed by atoms with Crippen LogP contribution in [-0.2, 0) is 22.4 Å². The first-order valence-corrected chi connectivity index (χ1v) is 7.06. The molecule has 0 bridgehead atoms. The summed E-state index contributed by atoms with van der Waals surface area (Å²) in [6.45, 7) is 0. The summed E-state index contributed by atoms with van der Waals surface area (Å²) in [7, 11) is 0. The van der Waals surface area contributed by atoms with Gasteiger partial charge in [-0.3, -0.25) is 9.59 Å². The molecule has 2 heterocycles. The standard InChI is InChI=1S/C16H11ClN2O2/c17-12-6-3-5-11-9-15(21)19(16(11)12)18-13-7-2-1-4-10(13)8-14(18)20/h1-7H,8-9H2. The third kappa shape index (κ3) is 1.69. The predicted octanol–water partition coefficient (Wildman–Crippen LogP) is 2.73. The van der Waals surface area contributed by atoms with E-state index in [1.165, 1.54) is 10.0 Å². The molecular weight excluding hydrogens is 288 g/mol. The zero-order valence-electron chi connectivity index (χ0n) is 11.0. The van der Waals surface area contributed by atoms with Crippen molar-refractivity contribution in [1.29, 1.82) is 0 Å². The highest BCUT2D eigenvalue weighted by Crippen LogP contribution is 2.40. The Balaban J connectivity index is 1.89. The minimum atomic E-state index is -0.136. The monoisotopic (exact) mass is 298 g/mol. The van der Waals surface area contributed by atoms with Gasteiger partial charge in [-0.15, -0.1) is 0 Å². The highest BCUT2D eigenvalue weighted by molar-refractivity contribution is 6.35. The van der Waals surface area contributed by atoms with Gasteiger partial charge in [-0.05, 0) is 23.3 Å². The van der Waals surface area contributed by atoms with Crippen molar-refractivity contribution in [2.75, 3.05) is 10.0 Å². The van der Waals surface area contributed by atoms with Crippen LogP contribution in [0.3, 0.4) is 0 Å². The van der Waals surface area contributed by atoms with E-state index in [0.717, 1.165) is 16.8 Å². The van der Waals surface area contributed by atoms with E-state index in [1.807, 2.05) is 36.4 Å². The SMILES string of the molecule is O=C1Cc2ccccc2N1N1C(=O)Cc2cccc(Cl)c21. The number of anilines is 2. The topological polar surface area (TPSA) is 40.6 Å². The molecule has 0 spiro atoms. The molecule has 0 unspecified atom stereocenters. The van der Waals surface area contributed by atoms with Crippen molar-refractivity contribution in [2.24, 2.45) is 0 Å². The van der Waals surface area contributed by atoms with Crippen molar-refractivity contribution in [3.8, 4) is 0 Å². The molecule has 0 radical (unpaired) electrons. The van der Waals surface area contributed by atoms with E-state index in [0.29, 0.717) is 17.1 Å². The fourth-order valence-electron chi connectivity index (χ4n) is 2.97. The number of hydrazine groups is 1. The first-order chi connectivity index (χ1) is 10.2. The summed E-state index contributed by atoms with van der Waals surface area (Å²) < 4.78 is 0. The van der Waals surface area contributed by atoms with E-state index in [9.17, 15) is 9.59 Å². The third-order valence-electron chi connectivity index (χ3n) is 3.86. The van der Waals surface area contributed by atoms with Gasteiger partial charge in [-0.2, -0.15) is 0 Å². The molecule has 4 rings (SSSR count). The van der Waals surface area contributed by atoms with Crippen LogP contribution in [-0.4, -0.2) is 11.8 Å². The molecule has 2 aliphatic rings. The fraction of sp³-hybridized carbons (Fsp3) is 0.125. The molecule has 0 aliphatic carbocycles. The summed E-state index contributed by atoms with van der Waals surface area (Å²) in [5.74, 6) is -0.250. The fourth-order valence-corrected chi connectivity index (χ4v) is 3.25. The molecule has 21 heavy (non-hydrogen) atoms. The van der Waals surface area contributed by atoms with Gasteiger partial charge in [0, 0.05) is 0 Å². The van der Waals surface area contributed by atoms with Crippen molar-refractivity contribution < 1.29 is 9.59 Å². The highest BCUT2D eigenvalue weighted by Gasteiger charge is 2.40. The van der Waals surface area contributed by atoms with Crippen LogP contribution in [0.25, 0.3) is 0 Å². The molecule has 4 nitrogen and oxygen atoms in total. The lowest BCUT2D eigenvalue weighted by molar-refractivity contribution is -0.122. The average molecular weight is 299 g/mol. The Morgan fingerprint density at radius 2 is 1.48 bits per heavy atom. The molecule has 0 saturated carbocycles. The molecule has 2 aromatic carbocycles. The summed E-state index contributed by atoms with van der Waals surface area (Å²) in [5.41, 5.74) is 3.15. The number of hydrogen-bond acceptors (Lipinski definition) is 2. The summed E-state index contributed by atoms with van der Waals surface area (Å²) in [5, 5.41) is 3.36. The van der Waals surface area contributed by atoms with Crippen LogP contribution in [0.15, 0.2) is 42.5 Å². The number of fused-ring (bicyclic) bond motifs is 2. The van der Waals surface area contributed by atoms with Crippen LogP contribution in [0.5, 0.6) is 0 Å². The van der Waals surface area contributed by atoms with Gasteiger partial charge in [0.15, 0.2) is 0 Å². The molecule has 0 aromatic heterocycles. The second kappa shape index (κ2) is 4.33. The van der Waals surface area contributed by atoms with Crippen LogP contribution in [0.4, 0.5) is 11.4 Å². The van der Waals surface area contributed by atoms with E-state index in [1.54, 1.807) is 6.07 Å². The average Bonchev–Trinajstić information content (AvgIpc) is 2.95. The summed E-state index contributed by atoms with van der Waals surface area (Å²) in [4.78, 5) is 24.8. The maximum absolute atomic E-state index is 12.4. The Bertz CT molecular complexity index is 788. The lowest BCUT2D eigenvalue weighted by atomic mass is 10.2. The smallest absolute Gasteiger partial charge is 0.250 e. The first-order valence-electron chi connectivity index (χ1n) is 6.68. The number of amides is 2. The number of carbonyl (C=O) groups is 2. The normalized spacial score (nSPS) is 16.4. The summed E-state index contributed by atoms with van der Waals surface area (Å²) in [6.07, 6.45) is 0.571. The van der Waals surface area contributed by atoms with Crippen LogP contribution in [0.2, 0.25) is 5.02 Å². The number of rotatable bonds is 1. The van der Waals surface area contributed by atoms with Crippen molar-refractivity contribution in [3.63, 3.8) is 0 Å². The van der Waals surface area contributed by atoms with E-state index in [4.69, 9.17) is 11.6 Å². The predicted molar refractivity (Wildman–Crippen MR) is 80.3 cm³/mol. The Hall–Kier alpha value is -2.33. The second-order valence-electron chi connectivity index (χ2n) is 5.14. The Morgan fingerprint density at radius 3 is 2.33 bits per heavy atom. The van der Waals surface area contributed by atoms with Gasteiger partial charge < -0.3 is 0 Å². The van der Waals surface area contributed by atoms with E-state index >= 15 is 0 Å². The van der Waals surface area contributed by atoms with Gasteiger partial charge >= 0.3 is 0 Å². The maximum atomic E-state index is 12.4. The van der Waals surface area contributed by atoms with E-state index < -0.39 is 0 Å². The van der Waals surface area contributed by atoms with Gasteiger partial charge in [-0.25, -0.2) is 10.0 Å². The van der Waals surface area contributed by atoms with Gasteiger partial charge in [0.25, 0.3) is 11.8 Å². The zero-order chi connectivity index (χ0) is 14.6. The maximum Gasteiger partial charge on any atom is 0.250 e. The van der Waals surface area contributed by atoms with Crippen LogP contribution in [0.1, 0.15) is 11.1 Å². The zero-order valence-corrected chi connectivity index (χ0v) is 11.8. The Morgan fingerprint density at radius 1 is 0.810 bits per heavy atom. The molecule has 2 amide bonds. The number of benzene rings is 2. The largest absolute Gasteiger partial charge is 0.272 e. The molecule has 5 heteroatoms. The molecule has 0 N–H and O–H groups in total. The first kappa shape index (κ1) is 12.4. The minimum absolute atomic E-state index is 0.114. The quantitative estimate of drug-likeness (QED) is 0.812. The van der Waals surface area contributed by atoms with Gasteiger partial charge in [0.2, 0.25) is 0 Å². The van der Waals surface area contributed by atoms with E-state index in [-0.39, 0.29) is 18.2 Å². The lowest BCUT2D eigenvalue weighted by Crippen LogP contribution is -2.47. The van der Waals surface area contributed by atoms with E-state index in [2.05, 4.69) is 0 Å². The minimum Gasteiger partial charge on any atom is -0.272 e. The number of nitrogens with zero attached hydrogens (tertiary/aromatic N) is 2. The third-order valence-corrected chi connectivity index (χ3v) is 4.16. The van der Waals surface area contributed by atoms with Crippen LogP contribution >= 0.6 is 11.6 Å². The second-order valence-corrected chi connectivity index (χ2v) is 5.55. The van der Waals surface area contributed by atoms with Crippen LogP contribution < -0.4 is 10.0 Å².